The Balaban J connectivity index is 2.69. The maximum absolute atomic E-state index is 8.36. The normalized spacial score (nSPS) is 10.4. The van der Waals surface area contributed by atoms with Crippen molar-refractivity contribution in [2.75, 3.05) is 26.3 Å². The molecule has 11 heavy (non-hydrogen) atoms. The van der Waals surface area contributed by atoms with Crippen LogP contribution in [0, 0.1) is 0 Å². The third kappa shape index (κ3) is 9.80. The predicted octanol–water partition coefficient (Wildman–Crippen LogP) is -1.22. The Labute approximate surface area is 66.3 Å². The fraction of sp³-hybridized carbons (Fsp3) is 1.00. The largest absolute Gasteiger partial charge is 0.396 e. The van der Waals surface area contributed by atoms with E-state index in [4.69, 9.17) is 15.2 Å². The van der Waals surface area contributed by atoms with Crippen LogP contribution in [0.3, 0.4) is 0 Å². The third-order valence-corrected chi connectivity index (χ3v) is 1.02. The van der Waals surface area contributed by atoms with Gasteiger partial charge in [0.05, 0.1) is 0 Å². The number of hydrogen-bond acceptors (Lipinski definition) is 5. The molecule has 0 spiro atoms. The first kappa shape index (κ1) is 10.8. The summed E-state index contributed by atoms with van der Waals surface area (Å²) in [5.41, 5.74) is 5.18. The van der Waals surface area contributed by atoms with Crippen molar-refractivity contribution in [2.24, 2.45) is 0 Å². The summed E-state index contributed by atoms with van der Waals surface area (Å²) in [7, 11) is 0. The van der Waals surface area contributed by atoms with E-state index < -0.39 is 0 Å². The van der Waals surface area contributed by atoms with Crippen LogP contribution in [0.1, 0.15) is 12.8 Å². The minimum atomic E-state index is 0.160. The van der Waals surface area contributed by atoms with Gasteiger partial charge in [0.1, 0.15) is 0 Å². The number of hydrogen-bond donors (Lipinski definition) is 4. The summed E-state index contributed by atoms with van der Waals surface area (Å²) in [5.74, 6) is 0. The molecule has 0 heterocycles. The summed E-state index contributed by atoms with van der Waals surface area (Å²) >= 11 is 0. The zero-order chi connectivity index (χ0) is 8.36. The Hall–Kier alpha value is -0.200. The van der Waals surface area contributed by atoms with E-state index in [9.17, 15) is 0 Å². The average molecular weight is 164 g/mol. The van der Waals surface area contributed by atoms with Gasteiger partial charge in [-0.15, -0.1) is 0 Å². The van der Waals surface area contributed by atoms with E-state index in [1.807, 2.05) is 0 Å². The lowest BCUT2D eigenvalue weighted by atomic mass is 10.5. The van der Waals surface area contributed by atoms with E-state index in [1.165, 1.54) is 0 Å². The molecule has 0 aliphatic rings. The highest BCUT2D eigenvalue weighted by molar-refractivity contribution is 4.34. The first-order chi connectivity index (χ1) is 5.41. The van der Waals surface area contributed by atoms with Crippen LogP contribution in [0.5, 0.6) is 0 Å². The Bertz CT molecular complexity index is 64.8. The number of nitrogens with one attached hydrogen (secondary N) is 2. The van der Waals surface area contributed by atoms with Gasteiger partial charge in [-0.05, 0) is 12.8 Å². The van der Waals surface area contributed by atoms with Crippen molar-refractivity contribution in [2.45, 2.75) is 12.8 Å². The Morgan fingerprint density at radius 1 is 0.909 bits per heavy atom. The lowest BCUT2D eigenvalue weighted by Gasteiger charge is -2.04. The van der Waals surface area contributed by atoms with E-state index in [0.717, 1.165) is 0 Å². The molecule has 0 fully saturated rings. The lowest BCUT2D eigenvalue weighted by Crippen LogP contribution is -2.28. The van der Waals surface area contributed by atoms with Crippen molar-refractivity contribution in [3.63, 3.8) is 0 Å². The van der Waals surface area contributed by atoms with Gasteiger partial charge in [0.15, 0.2) is 0 Å². The molecule has 0 aliphatic heterocycles. The number of hydroxylamine groups is 2. The minimum absolute atomic E-state index is 0.160. The topological polar surface area (TPSA) is 73.8 Å². The van der Waals surface area contributed by atoms with Crippen LogP contribution in [0.4, 0.5) is 0 Å². The second kappa shape index (κ2) is 9.80. The van der Waals surface area contributed by atoms with Gasteiger partial charge in [-0.2, -0.15) is 11.0 Å². The molecule has 0 amide bonds. The third-order valence-electron chi connectivity index (χ3n) is 1.02. The minimum Gasteiger partial charge on any atom is -0.396 e. The number of aliphatic hydroxyl groups excluding tert-OH is 2. The second-order valence-electron chi connectivity index (χ2n) is 2.05. The zero-order valence-corrected chi connectivity index (χ0v) is 6.55. The van der Waals surface area contributed by atoms with Gasteiger partial charge in [0.25, 0.3) is 0 Å². The molecule has 4 N–H and O–H groups in total. The van der Waals surface area contributed by atoms with Gasteiger partial charge < -0.3 is 10.2 Å². The van der Waals surface area contributed by atoms with Crippen LogP contribution < -0.4 is 11.0 Å². The molecule has 0 radical (unpaired) electrons. The fourth-order valence-corrected chi connectivity index (χ4v) is 0.456. The maximum atomic E-state index is 8.36. The summed E-state index contributed by atoms with van der Waals surface area (Å²) in [4.78, 5) is 4.72. The summed E-state index contributed by atoms with van der Waals surface area (Å²) in [6, 6.07) is 0. The number of rotatable bonds is 8. The van der Waals surface area contributed by atoms with Crippen LogP contribution >= 0.6 is 0 Å². The van der Waals surface area contributed by atoms with Crippen molar-refractivity contribution in [3.05, 3.63) is 0 Å². The quantitative estimate of drug-likeness (QED) is 0.267. The smallest absolute Gasteiger partial charge is 0.0444 e. The number of aliphatic hydroxyl groups is 2. The Kier molecular flexibility index (Phi) is 9.62. The molecule has 0 bridgehead atoms. The van der Waals surface area contributed by atoms with Crippen molar-refractivity contribution in [3.8, 4) is 0 Å². The molecule has 5 nitrogen and oxygen atoms in total. The molecule has 0 saturated heterocycles. The molecule has 0 saturated carbocycles. The average Bonchev–Trinajstić information content (AvgIpc) is 2.03. The lowest BCUT2D eigenvalue weighted by molar-refractivity contribution is -0.0408. The standard InChI is InChI=1S/C6H16N2O3/c9-5-1-3-7-11-8-4-2-6-10/h7-10H,1-6H2. The predicted molar refractivity (Wildman–Crippen MR) is 40.5 cm³/mol. The van der Waals surface area contributed by atoms with Crippen molar-refractivity contribution in [1.29, 1.82) is 0 Å². The van der Waals surface area contributed by atoms with E-state index in [2.05, 4.69) is 11.0 Å². The fourth-order valence-electron chi connectivity index (χ4n) is 0.456. The van der Waals surface area contributed by atoms with Gasteiger partial charge in [0, 0.05) is 26.3 Å². The van der Waals surface area contributed by atoms with Crippen molar-refractivity contribution < 1.29 is 15.2 Å². The van der Waals surface area contributed by atoms with Crippen LogP contribution in [0.2, 0.25) is 0 Å². The molecule has 0 aromatic heterocycles. The zero-order valence-electron chi connectivity index (χ0n) is 6.55. The monoisotopic (exact) mass is 164 g/mol. The molecular formula is C6H16N2O3. The van der Waals surface area contributed by atoms with Gasteiger partial charge in [0.2, 0.25) is 0 Å². The van der Waals surface area contributed by atoms with Gasteiger partial charge in [-0.25, -0.2) is 4.94 Å². The van der Waals surface area contributed by atoms with Crippen molar-refractivity contribution in [1.82, 2.24) is 11.0 Å². The highest BCUT2D eigenvalue weighted by Gasteiger charge is 1.86. The molecule has 68 valence electrons. The summed E-state index contributed by atoms with van der Waals surface area (Å²) in [6.45, 7) is 1.55. The first-order valence-electron chi connectivity index (χ1n) is 3.75. The summed E-state index contributed by atoms with van der Waals surface area (Å²) < 4.78 is 0. The maximum Gasteiger partial charge on any atom is 0.0444 e. The SMILES string of the molecule is OCCCNONCCCO. The Morgan fingerprint density at radius 3 is 1.73 bits per heavy atom. The van der Waals surface area contributed by atoms with Gasteiger partial charge in [-0.3, -0.25) is 0 Å². The van der Waals surface area contributed by atoms with Crippen LogP contribution in [0.25, 0.3) is 0 Å². The first-order valence-corrected chi connectivity index (χ1v) is 3.75. The van der Waals surface area contributed by atoms with Gasteiger partial charge >= 0.3 is 0 Å². The molecule has 0 rings (SSSR count). The summed E-state index contributed by atoms with van der Waals surface area (Å²) in [5, 5.41) is 16.7. The Morgan fingerprint density at radius 2 is 1.36 bits per heavy atom. The van der Waals surface area contributed by atoms with Crippen molar-refractivity contribution >= 4 is 0 Å². The van der Waals surface area contributed by atoms with E-state index in [-0.39, 0.29) is 13.2 Å². The molecule has 0 atom stereocenters. The molecule has 0 unspecified atom stereocenters. The molecule has 5 heteroatoms. The molecule has 0 aliphatic carbocycles. The van der Waals surface area contributed by atoms with Crippen LogP contribution in [0.15, 0.2) is 0 Å². The summed E-state index contributed by atoms with van der Waals surface area (Å²) in [6.07, 6.45) is 1.34. The van der Waals surface area contributed by atoms with E-state index >= 15 is 0 Å². The molecular weight excluding hydrogens is 148 g/mol. The van der Waals surface area contributed by atoms with Crippen LogP contribution in [-0.2, 0) is 4.94 Å². The highest BCUT2D eigenvalue weighted by Crippen LogP contribution is 1.72. The van der Waals surface area contributed by atoms with E-state index in [0.29, 0.717) is 25.9 Å². The van der Waals surface area contributed by atoms with Gasteiger partial charge in [-0.1, -0.05) is 0 Å². The highest BCUT2D eigenvalue weighted by atomic mass is 16.8. The molecule has 0 aromatic carbocycles. The second-order valence-corrected chi connectivity index (χ2v) is 2.05. The van der Waals surface area contributed by atoms with Crippen LogP contribution in [-0.4, -0.2) is 36.5 Å². The molecule has 0 aromatic rings. The van der Waals surface area contributed by atoms with E-state index in [1.54, 1.807) is 0 Å².